The third-order valence-corrected chi connectivity index (χ3v) is 2.56. The van der Waals surface area contributed by atoms with Gasteiger partial charge in [-0.2, -0.15) is 37.0 Å². The minimum Gasteiger partial charge on any atom is -0.268 e. The van der Waals surface area contributed by atoms with Crippen LogP contribution in [0.15, 0.2) is 29.0 Å². The fourth-order valence-corrected chi connectivity index (χ4v) is 1.57. The van der Waals surface area contributed by atoms with Crippen LogP contribution < -0.4 is 5.53 Å². The lowest BCUT2D eigenvalue weighted by Crippen LogP contribution is -2.49. The molecule has 2 rings (SSSR count). The average molecular weight is 273 g/mol. The molecule has 1 aliphatic heterocycles. The van der Waals surface area contributed by atoms with Gasteiger partial charge in [0.2, 0.25) is 0 Å². The van der Waals surface area contributed by atoms with Crippen LogP contribution in [0.3, 0.4) is 0 Å². The monoisotopic (exact) mass is 273 g/mol. The SMILES string of the molecule is ON1NN=C2C=CC(C(F)(F)F)(C(F)(F)F)C=C21. The Morgan fingerprint density at radius 2 is 1.72 bits per heavy atom. The third kappa shape index (κ3) is 1.55. The molecule has 0 fully saturated rings. The molecule has 2 N–H and O–H groups in total. The van der Waals surface area contributed by atoms with Crippen molar-refractivity contribution in [3.63, 3.8) is 0 Å². The lowest BCUT2D eigenvalue weighted by molar-refractivity contribution is -0.303. The van der Waals surface area contributed by atoms with Gasteiger partial charge < -0.3 is 0 Å². The molecule has 0 radical (unpaired) electrons. The zero-order valence-electron chi connectivity index (χ0n) is 8.34. The second-order valence-electron chi connectivity index (χ2n) is 3.64. The van der Waals surface area contributed by atoms with Crippen LogP contribution in [-0.2, 0) is 0 Å². The van der Waals surface area contributed by atoms with Crippen LogP contribution in [0.1, 0.15) is 0 Å². The molecular formula is C8H5F6N3O. The number of hydroxylamine groups is 1. The van der Waals surface area contributed by atoms with Gasteiger partial charge in [-0.3, -0.25) is 5.21 Å². The van der Waals surface area contributed by atoms with Gasteiger partial charge in [0.05, 0.1) is 0 Å². The van der Waals surface area contributed by atoms with Crippen LogP contribution in [0.5, 0.6) is 0 Å². The van der Waals surface area contributed by atoms with E-state index < -0.39 is 23.5 Å². The molecule has 0 atom stereocenters. The highest BCUT2D eigenvalue weighted by atomic mass is 19.4. The fraction of sp³-hybridized carbons (Fsp3) is 0.375. The number of nitrogens with zero attached hydrogens (tertiary/aromatic N) is 2. The maximum absolute atomic E-state index is 12.7. The number of allylic oxidation sites excluding steroid dienone is 3. The summed E-state index contributed by atoms with van der Waals surface area (Å²) in [6, 6.07) is 0. The molecular weight excluding hydrogens is 268 g/mol. The normalized spacial score (nSPS) is 22.3. The number of alkyl halides is 6. The van der Waals surface area contributed by atoms with E-state index in [2.05, 4.69) is 5.10 Å². The predicted molar refractivity (Wildman–Crippen MR) is 46.0 cm³/mol. The summed E-state index contributed by atoms with van der Waals surface area (Å²) in [7, 11) is 0. The maximum Gasteiger partial charge on any atom is 0.410 e. The highest BCUT2D eigenvalue weighted by molar-refractivity contribution is 6.09. The second-order valence-corrected chi connectivity index (χ2v) is 3.64. The van der Waals surface area contributed by atoms with Gasteiger partial charge >= 0.3 is 12.4 Å². The lowest BCUT2D eigenvalue weighted by atomic mass is 9.81. The molecule has 1 aliphatic carbocycles. The molecule has 10 heteroatoms. The van der Waals surface area contributed by atoms with E-state index in [1.54, 1.807) is 0 Å². The molecule has 0 bridgehead atoms. The summed E-state index contributed by atoms with van der Waals surface area (Å²) in [5, 5.41) is 12.4. The van der Waals surface area contributed by atoms with Gasteiger partial charge in [0.15, 0.2) is 5.41 Å². The Kier molecular flexibility index (Phi) is 2.41. The van der Waals surface area contributed by atoms with E-state index in [-0.39, 0.29) is 23.0 Å². The summed E-state index contributed by atoms with van der Waals surface area (Å²) < 4.78 is 76.2. The molecule has 0 aromatic heterocycles. The Hall–Kier alpha value is -1.71. The Bertz CT molecular complexity index is 446. The molecule has 0 unspecified atom stereocenters. The van der Waals surface area contributed by atoms with Crippen LogP contribution in [-0.4, -0.2) is 28.4 Å². The quantitative estimate of drug-likeness (QED) is 0.665. The topological polar surface area (TPSA) is 47.9 Å². The summed E-state index contributed by atoms with van der Waals surface area (Å²) in [6.45, 7) is 0. The first-order valence-corrected chi connectivity index (χ1v) is 4.47. The van der Waals surface area contributed by atoms with Crippen LogP contribution in [0.25, 0.3) is 0 Å². The summed E-state index contributed by atoms with van der Waals surface area (Å²) in [6.07, 6.45) is -10.8. The maximum atomic E-state index is 12.7. The molecule has 2 aliphatic rings. The standard InChI is InChI=1S/C8H5F6N3O/c9-7(10,11)6(8(12,13)14)2-1-4-5(3-6)17(18)16-15-4/h1-3,16,18H. The number of fused-ring (bicyclic) bond motifs is 1. The average Bonchev–Trinajstić information content (AvgIpc) is 2.56. The minimum absolute atomic E-state index is 0.00887. The van der Waals surface area contributed by atoms with Gasteiger partial charge in [-0.05, 0) is 12.2 Å². The molecule has 0 aromatic rings. The summed E-state index contributed by atoms with van der Waals surface area (Å²) in [5.74, 6) is 0. The van der Waals surface area contributed by atoms with Crippen molar-refractivity contribution in [3.8, 4) is 0 Å². The highest BCUT2D eigenvalue weighted by Gasteiger charge is 2.69. The molecule has 18 heavy (non-hydrogen) atoms. The van der Waals surface area contributed by atoms with E-state index in [4.69, 9.17) is 5.21 Å². The third-order valence-electron chi connectivity index (χ3n) is 2.56. The number of halogens is 6. The molecule has 0 saturated heterocycles. The van der Waals surface area contributed by atoms with Gasteiger partial charge in [0.25, 0.3) is 0 Å². The van der Waals surface area contributed by atoms with Crippen molar-refractivity contribution in [2.24, 2.45) is 10.5 Å². The number of hydrazone groups is 1. The summed E-state index contributed by atoms with van der Waals surface area (Å²) in [4.78, 5) is 0. The zero-order valence-corrected chi connectivity index (χ0v) is 8.34. The number of hydrogen-bond donors (Lipinski definition) is 2. The molecule has 4 nitrogen and oxygen atoms in total. The van der Waals surface area contributed by atoms with Crippen molar-refractivity contribution in [1.29, 1.82) is 0 Å². The highest BCUT2D eigenvalue weighted by Crippen LogP contribution is 2.54. The van der Waals surface area contributed by atoms with Crippen molar-refractivity contribution < 1.29 is 31.5 Å². The van der Waals surface area contributed by atoms with E-state index in [1.165, 1.54) is 0 Å². The molecule has 0 aromatic carbocycles. The molecule has 1 heterocycles. The smallest absolute Gasteiger partial charge is 0.268 e. The van der Waals surface area contributed by atoms with Crippen molar-refractivity contribution in [2.75, 3.05) is 0 Å². The van der Waals surface area contributed by atoms with Gasteiger partial charge in [0, 0.05) is 0 Å². The van der Waals surface area contributed by atoms with E-state index in [0.717, 1.165) is 0 Å². The Morgan fingerprint density at radius 3 is 2.22 bits per heavy atom. The van der Waals surface area contributed by atoms with E-state index in [0.29, 0.717) is 6.08 Å². The van der Waals surface area contributed by atoms with E-state index in [1.807, 2.05) is 5.53 Å². The molecule has 0 spiro atoms. The summed E-state index contributed by atoms with van der Waals surface area (Å²) in [5.41, 5.74) is -3.24. The summed E-state index contributed by atoms with van der Waals surface area (Å²) >= 11 is 0. The predicted octanol–water partition coefficient (Wildman–Crippen LogP) is 2.12. The Balaban J connectivity index is 2.59. The van der Waals surface area contributed by atoms with Gasteiger partial charge in [-0.15, -0.1) is 5.17 Å². The molecule has 0 saturated carbocycles. The fourth-order valence-electron chi connectivity index (χ4n) is 1.57. The van der Waals surface area contributed by atoms with Crippen LogP contribution in [0, 0.1) is 5.41 Å². The Morgan fingerprint density at radius 1 is 1.17 bits per heavy atom. The molecule has 0 amide bonds. The van der Waals surface area contributed by atoms with Crippen molar-refractivity contribution in [3.05, 3.63) is 23.9 Å². The number of hydrogen-bond acceptors (Lipinski definition) is 4. The second kappa shape index (κ2) is 3.40. The van der Waals surface area contributed by atoms with Crippen molar-refractivity contribution in [2.45, 2.75) is 12.4 Å². The van der Waals surface area contributed by atoms with Crippen LogP contribution in [0.2, 0.25) is 0 Å². The van der Waals surface area contributed by atoms with Crippen molar-refractivity contribution >= 4 is 5.71 Å². The van der Waals surface area contributed by atoms with E-state index >= 15 is 0 Å². The Labute approximate surface area is 95.8 Å². The van der Waals surface area contributed by atoms with E-state index in [9.17, 15) is 26.3 Å². The first kappa shape index (κ1) is 12.7. The van der Waals surface area contributed by atoms with Crippen LogP contribution in [0.4, 0.5) is 26.3 Å². The zero-order chi connectivity index (χ0) is 13.8. The van der Waals surface area contributed by atoms with Crippen molar-refractivity contribution in [1.82, 2.24) is 10.7 Å². The van der Waals surface area contributed by atoms with Gasteiger partial charge in [-0.1, -0.05) is 6.08 Å². The number of rotatable bonds is 0. The molecule has 100 valence electrons. The van der Waals surface area contributed by atoms with Crippen LogP contribution >= 0.6 is 0 Å². The first-order chi connectivity index (χ1) is 8.08. The number of hydrazine groups is 1. The first-order valence-electron chi connectivity index (χ1n) is 4.47. The van der Waals surface area contributed by atoms with Gasteiger partial charge in [-0.25, -0.2) is 0 Å². The number of nitrogens with one attached hydrogen (secondary N) is 1. The largest absolute Gasteiger partial charge is 0.410 e. The lowest BCUT2D eigenvalue weighted by Gasteiger charge is -2.34. The van der Waals surface area contributed by atoms with Gasteiger partial charge in [0.1, 0.15) is 11.4 Å². The minimum atomic E-state index is -5.58.